The monoisotopic (exact) mass is 634 g/mol. The minimum atomic E-state index is -1.18. The van der Waals surface area contributed by atoms with Crippen LogP contribution in [0.15, 0.2) is 42.6 Å². The molecule has 0 radical (unpaired) electrons. The molecule has 8 rings (SSSR count). The van der Waals surface area contributed by atoms with Crippen LogP contribution in [0.5, 0.6) is 17.2 Å². The number of halogens is 2. The molecule has 0 amide bonds. The van der Waals surface area contributed by atoms with Gasteiger partial charge in [-0.1, -0.05) is 11.6 Å². The summed E-state index contributed by atoms with van der Waals surface area (Å²) in [7, 11) is 2.93. The van der Waals surface area contributed by atoms with Gasteiger partial charge >= 0.3 is 5.97 Å². The Labute approximate surface area is 263 Å². The van der Waals surface area contributed by atoms with Crippen molar-refractivity contribution in [1.29, 1.82) is 0 Å². The first-order valence-corrected chi connectivity index (χ1v) is 15.5. The second-order valence-corrected chi connectivity index (χ2v) is 12.7. The minimum Gasteiger partial charge on any atom is -0.494 e. The van der Waals surface area contributed by atoms with E-state index >= 15 is 4.39 Å². The number of aromatic nitrogens is 3. The van der Waals surface area contributed by atoms with Crippen molar-refractivity contribution < 1.29 is 32.9 Å². The molecule has 1 saturated carbocycles. The van der Waals surface area contributed by atoms with Crippen LogP contribution in [0.3, 0.4) is 0 Å². The van der Waals surface area contributed by atoms with E-state index < -0.39 is 11.8 Å². The second kappa shape index (κ2) is 10.6. The molecule has 2 saturated heterocycles. The summed E-state index contributed by atoms with van der Waals surface area (Å²) >= 11 is 6.03. The van der Waals surface area contributed by atoms with E-state index in [2.05, 4.69) is 14.5 Å². The number of nitrogens with zero attached hydrogens (tertiary/aromatic N) is 4. The summed E-state index contributed by atoms with van der Waals surface area (Å²) in [4.78, 5) is 24.2. The van der Waals surface area contributed by atoms with Gasteiger partial charge in [-0.05, 0) is 60.6 Å². The quantitative estimate of drug-likeness (QED) is 0.239. The molecule has 0 spiro atoms. The number of likely N-dealkylation sites (tertiary alicyclic amines) is 1. The van der Waals surface area contributed by atoms with Gasteiger partial charge in [0.25, 0.3) is 5.79 Å². The number of ether oxygens (including phenoxy) is 5. The third-order valence-corrected chi connectivity index (χ3v) is 9.81. The number of methoxy groups -OCH3 is 2. The van der Waals surface area contributed by atoms with Gasteiger partial charge < -0.3 is 28.3 Å². The molecule has 2 aromatic heterocycles. The van der Waals surface area contributed by atoms with Crippen molar-refractivity contribution in [1.82, 2.24) is 19.4 Å². The van der Waals surface area contributed by atoms with Gasteiger partial charge in [-0.2, -0.15) is 0 Å². The van der Waals surface area contributed by atoms with E-state index in [1.54, 1.807) is 44.5 Å². The Bertz CT molecular complexity index is 1820. The van der Waals surface area contributed by atoms with Gasteiger partial charge in [-0.3, -0.25) is 9.88 Å². The maximum absolute atomic E-state index is 15.5. The molecule has 12 heteroatoms. The van der Waals surface area contributed by atoms with E-state index in [-0.39, 0.29) is 29.7 Å². The number of carbonyl (C=O) groups excluding carboxylic acids is 1. The van der Waals surface area contributed by atoms with Crippen molar-refractivity contribution in [3.8, 4) is 17.2 Å². The first kappa shape index (κ1) is 28.5. The van der Waals surface area contributed by atoms with E-state index in [1.165, 1.54) is 13.2 Å². The van der Waals surface area contributed by atoms with Crippen LogP contribution >= 0.6 is 11.6 Å². The number of benzene rings is 2. The lowest BCUT2D eigenvalue weighted by Gasteiger charge is -2.28. The molecule has 234 valence electrons. The molecule has 45 heavy (non-hydrogen) atoms. The van der Waals surface area contributed by atoms with Gasteiger partial charge in [0.2, 0.25) is 0 Å². The molecule has 0 N–H and O–H groups in total. The first-order chi connectivity index (χ1) is 21.8. The smallest absolute Gasteiger partial charge is 0.338 e. The standard InChI is InChI=1S/C33H32ClFN4O6/c1-33(26-7-4-18(34)12-36-26)44-24-6-5-22(35)29(31(24)45-33)28-20-14-38(15-21(20)28)16-27-37-30-23(39(27)13-19-8-9-43-19)10-17(32(40)42-3)11-25(30)41-2/h4-7,10-12,19-21,28H,8-9,13-16H2,1-3H3/t19?,20-,21+,28?,33?. The van der Waals surface area contributed by atoms with Crippen LogP contribution in [0.25, 0.3) is 11.0 Å². The summed E-state index contributed by atoms with van der Waals surface area (Å²) in [6.07, 6.45) is 2.60. The predicted octanol–water partition coefficient (Wildman–Crippen LogP) is 5.30. The number of fused-ring (bicyclic) bond motifs is 3. The summed E-state index contributed by atoms with van der Waals surface area (Å²) in [6, 6.07) is 10.0. The number of imidazole rings is 1. The van der Waals surface area contributed by atoms with Crippen molar-refractivity contribution in [2.24, 2.45) is 11.8 Å². The predicted molar refractivity (Wildman–Crippen MR) is 161 cm³/mol. The van der Waals surface area contributed by atoms with Gasteiger partial charge in [0.1, 0.15) is 28.6 Å². The zero-order chi connectivity index (χ0) is 31.0. The lowest BCUT2D eigenvalue weighted by atomic mass is 10.0. The van der Waals surface area contributed by atoms with E-state index in [0.29, 0.717) is 57.7 Å². The molecule has 5 atom stereocenters. The van der Waals surface area contributed by atoms with Crippen LogP contribution in [0.1, 0.15) is 46.7 Å². The van der Waals surface area contributed by atoms with E-state index in [0.717, 1.165) is 37.5 Å². The molecule has 4 aromatic rings. The molecular weight excluding hydrogens is 603 g/mol. The van der Waals surface area contributed by atoms with Gasteiger partial charge in [-0.15, -0.1) is 0 Å². The Morgan fingerprint density at radius 1 is 1.16 bits per heavy atom. The van der Waals surface area contributed by atoms with E-state index in [1.807, 2.05) is 6.07 Å². The van der Waals surface area contributed by atoms with Crippen LogP contribution in [-0.2, 0) is 28.4 Å². The SMILES string of the molecule is COC(=O)c1cc(OC)c2nc(CN3C[C@@H]4C(c5c(F)ccc6c5OC(C)(c5ccc(Cl)cn5)O6)[C@@H]4C3)n(CC3CCO3)c2c1. The van der Waals surface area contributed by atoms with Gasteiger partial charge in [-0.25, -0.2) is 14.2 Å². The fraction of sp³-hybridized carbons (Fsp3) is 0.424. The van der Waals surface area contributed by atoms with Crippen LogP contribution in [0.2, 0.25) is 5.02 Å². The number of carbonyl (C=O) groups is 1. The molecule has 3 aliphatic heterocycles. The topological polar surface area (TPSA) is 97.2 Å². The van der Waals surface area contributed by atoms with Crippen molar-refractivity contribution in [3.63, 3.8) is 0 Å². The lowest BCUT2D eigenvalue weighted by molar-refractivity contribution is -0.0721. The Balaban J connectivity index is 1.04. The van der Waals surface area contributed by atoms with Crippen molar-refractivity contribution in [2.75, 3.05) is 33.9 Å². The van der Waals surface area contributed by atoms with Crippen molar-refractivity contribution in [3.05, 3.63) is 76.1 Å². The van der Waals surface area contributed by atoms with Crippen LogP contribution < -0.4 is 14.2 Å². The van der Waals surface area contributed by atoms with E-state index in [9.17, 15) is 4.79 Å². The molecule has 10 nitrogen and oxygen atoms in total. The first-order valence-electron chi connectivity index (χ1n) is 15.1. The molecule has 3 fully saturated rings. The Hall–Kier alpha value is -3.93. The van der Waals surface area contributed by atoms with Gasteiger partial charge in [0.05, 0.1) is 49.5 Å². The summed E-state index contributed by atoms with van der Waals surface area (Å²) < 4.78 is 46.5. The van der Waals surface area contributed by atoms with Crippen LogP contribution in [0.4, 0.5) is 4.39 Å². The van der Waals surface area contributed by atoms with Gasteiger partial charge in [0, 0.05) is 38.4 Å². The van der Waals surface area contributed by atoms with Crippen LogP contribution in [-0.4, -0.2) is 65.4 Å². The number of rotatable bonds is 8. The number of hydrogen-bond acceptors (Lipinski definition) is 9. The number of pyridine rings is 1. The normalized spacial score (nSPS) is 26.5. The highest BCUT2D eigenvalue weighted by Crippen LogP contribution is 2.63. The van der Waals surface area contributed by atoms with Crippen molar-refractivity contribution in [2.45, 2.75) is 44.2 Å². The highest BCUT2D eigenvalue weighted by molar-refractivity contribution is 6.30. The average molecular weight is 635 g/mol. The van der Waals surface area contributed by atoms with Gasteiger partial charge in [0.15, 0.2) is 11.5 Å². The number of hydrogen-bond donors (Lipinski definition) is 0. The Kier molecular flexibility index (Phi) is 6.70. The fourth-order valence-electron chi connectivity index (χ4n) is 7.18. The summed E-state index contributed by atoms with van der Waals surface area (Å²) in [5.74, 6) is 1.05. The summed E-state index contributed by atoms with van der Waals surface area (Å²) in [5, 5.41) is 0.511. The van der Waals surface area contributed by atoms with E-state index in [4.69, 9.17) is 40.3 Å². The molecule has 2 aromatic carbocycles. The fourth-order valence-corrected chi connectivity index (χ4v) is 7.30. The summed E-state index contributed by atoms with van der Waals surface area (Å²) in [5.41, 5.74) is 3.04. The molecular formula is C33H32ClFN4O6. The maximum atomic E-state index is 15.5. The van der Waals surface area contributed by atoms with Crippen LogP contribution in [0, 0.1) is 17.7 Å². The zero-order valence-electron chi connectivity index (χ0n) is 25.1. The Morgan fingerprint density at radius 3 is 2.62 bits per heavy atom. The molecule has 0 bridgehead atoms. The lowest BCUT2D eigenvalue weighted by Crippen LogP contribution is -2.33. The maximum Gasteiger partial charge on any atom is 0.338 e. The number of esters is 1. The minimum absolute atomic E-state index is 0.0326. The van der Waals surface area contributed by atoms with Crippen molar-refractivity contribution >= 4 is 28.6 Å². The third kappa shape index (κ3) is 4.71. The largest absolute Gasteiger partial charge is 0.494 e. The third-order valence-electron chi connectivity index (χ3n) is 9.59. The molecule has 3 unspecified atom stereocenters. The second-order valence-electron chi connectivity index (χ2n) is 12.3. The molecule has 5 heterocycles. The number of piperidine rings is 1. The average Bonchev–Trinajstić information content (AvgIpc) is 3.31. The molecule has 4 aliphatic rings. The summed E-state index contributed by atoms with van der Waals surface area (Å²) in [6.45, 7) is 5.34. The Morgan fingerprint density at radius 2 is 1.96 bits per heavy atom. The highest BCUT2D eigenvalue weighted by atomic mass is 35.5. The molecule has 1 aliphatic carbocycles. The highest BCUT2D eigenvalue weighted by Gasteiger charge is 2.59. The zero-order valence-corrected chi connectivity index (χ0v) is 25.8.